The van der Waals surface area contributed by atoms with Crippen molar-refractivity contribution in [2.24, 2.45) is 35.3 Å². The molecule has 1 aromatic rings. The zero-order valence-electron chi connectivity index (χ0n) is 28.5. The number of rotatable bonds is 17. The average molecular weight is 668 g/mol. The third-order valence-electron chi connectivity index (χ3n) is 11.4. The summed E-state index contributed by atoms with van der Waals surface area (Å²) in [5, 5.41) is 9.26. The smallest absolute Gasteiger partial charge is 0.243 e. The molecule has 5 aliphatic rings. The van der Waals surface area contributed by atoms with Crippen LogP contribution in [0.3, 0.4) is 0 Å². The van der Waals surface area contributed by atoms with Crippen molar-refractivity contribution >= 4 is 35.4 Å². The number of amides is 4. The fourth-order valence-electron chi connectivity index (χ4n) is 9.51. The molecule has 1 aromatic carbocycles. The minimum absolute atomic E-state index is 0.0546. The number of nitrogens with one attached hydrogen (secondary N) is 3. The molecule has 0 heterocycles. The van der Waals surface area contributed by atoms with E-state index >= 15 is 0 Å². The molecule has 47 heavy (non-hydrogen) atoms. The van der Waals surface area contributed by atoms with Crippen molar-refractivity contribution in [3.05, 3.63) is 35.9 Å². The van der Waals surface area contributed by atoms with Gasteiger partial charge in [0.05, 0.1) is 12.6 Å². The van der Waals surface area contributed by atoms with E-state index in [0.717, 1.165) is 50.5 Å². The molecule has 5 N–H and O–H groups in total. The van der Waals surface area contributed by atoms with Crippen LogP contribution in [0.1, 0.15) is 89.5 Å². The molecule has 0 unspecified atom stereocenters. The molecular formula is C37H57N5O4S. The molecule has 0 aliphatic heterocycles. The van der Waals surface area contributed by atoms with E-state index in [4.69, 9.17) is 5.73 Å². The van der Waals surface area contributed by atoms with Gasteiger partial charge in [-0.05, 0) is 98.7 Å². The van der Waals surface area contributed by atoms with Gasteiger partial charge in [-0.2, -0.15) is 11.8 Å². The average Bonchev–Trinajstić information content (AvgIpc) is 3.06. The highest BCUT2D eigenvalue weighted by molar-refractivity contribution is 7.98. The Bertz CT molecular complexity index is 1180. The molecule has 3 atom stereocenters. The van der Waals surface area contributed by atoms with Gasteiger partial charge in [-0.15, -0.1) is 0 Å². The summed E-state index contributed by atoms with van der Waals surface area (Å²) in [5.74, 6) is 2.02. The zero-order chi connectivity index (χ0) is 33.3. The normalized spacial score (nSPS) is 27.1. The molecule has 5 aliphatic carbocycles. The Morgan fingerprint density at radius 2 is 1.57 bits per heavy atom. The summed E-state index contributed by atoms with van der Waals surface area (Å²) in [5.41, 5.74) is 7.02. The van der Waals surface area contributed by atoms with Gasteiger partial charge in [-0.25, -0.2) is 0 Å². The van der Waals surface area contributed by atoms with E-state index in [9.17, 15) is 19.2 Å². The lowest BCUT2D eigenvalue weighted by molar-refractivity contribution is -0.153. The minimum atomic E-state index is -0.794. The lowest BCUT2D eigenvalue weighted by atomic mass is 9.53. The molecule has 10 heteroatoms. The molecule has 5 saturated carbocycles. The number of nitrogens with zero attached hydrogens (tertiary/aromatic N) is 1. The van der Waals surface area contributed by atoms with E-state index in [1.165, 1.54) is 25.7 Å². The van der Waals surface area contributed by atoms with Gasteiger partial charge in [-0.1, -0.05) is 69.4 Å². The third-order valence-corrected chi connectivity index (χ3v) is 12.1. The summed E-state index contributed by atoms with van der Waals surface area (Å²) < 4.78 is 0. The number of benzene rings is 1. The predicted octanol–water partition coefficient (Wildman–Crippen LogP) is 4.04. The predicted molar refractivity (Wildman–Crippen MR) is 187 cm³/mol. The number of likely N-dealkylation sites (N-methyl/N-ethyl adjacent to an activating group) is 1. The molecule has 6 rings (SSSR count). The van der Waals surface area contributed by atoms with E-state index in [1.807, 2.05) is 43.5 Å². The first-order chi connectivity index (χ1) is 22.8. The summed E-state index contributed by atoms with van der Waals surface area (Å²) in [6, 6.07) is 7.77. The summed E-state index contributed by atoms with van der Waals surface area (Å²) in [7, 11) is 0. The van der Waals surface area contributed by atoms with Crippen LogP contribution in [-0.4, -0.2) is 77.8 Å². The van der Waals surface area contributed by atoms with E-state index in [-0.39, 0.29) is 36.3 Å². The van der Waals surface area contributed by atoms with Gasteiger partial charge in [0.15, 0.2) is 0 Å². The van der Waals surface area contributed by atoms with Crippen LogP contribution in [-0.2, 0) is 25.6 Å². The maximum atomic E-state index is 14.3. The molecule has 0 aromatic heterocycles. The SMILES string of the molecule is CCN[C@@H](CC1CCCCC1)C(=O)N[C@H](CCSC)C(=O)NCC(=O)N(C1C2CC3CC(C2)CC1C3)[C@@H](Cc1ccccc1)C(N)=O. The second-order valence-corrected chi connectivity index (χ2v) is 15.7. The minimum Gasteiger partial charge on any atom is -0.368 e. The van der Waals surface area contributed by atoms with Crippen LogP contribution in [0.15, 0.2) is 30.3 Å². The summed E-state index contributed by atoms with van der Waals surface area (Å²) in [4.78, 5) is 56.4. The molecule has 4 bridgehead atoms. The van der Waals surface area contributed by atoms with Crippen molar-refractivity contribution in [2.75, 3.05) is 25.1 Å². The quantitative estimate of drug-likeness (QED) is 0.198. The Kier molecular flexibility index (Phi) is 13.1. The van der Waals surface area contributed by atoms with Crippen molar-refractivity contribution in [3.63, 3.8) is 0 Å². The molecule has 0 radical (unpaired) electrons. The van der Waals surface area contributed by atoms with Gasteiger partial charge in [0.1, 0.15) is 12.1 Å². The van der Waals surface area contributed by atoms with Gasteiger partial charge < -0.3 is 26.6 Å². The summed E-state index contributed by atoms with van der Waals surface area (Å²) >= 11 is 1.62. The lowest BCUT2D eigenvalue weighted by Crippen LogP contribution is -2.64. The Morgan fingerprint density at radius 1 is 0.915 bits per heavy atom. The highest BCUT2D eigenvalue weighted by atomic mass is 32.2. The highest BCUT2D eigenvalue weighted by Crippen LogP contribution is 2.55. The van der Waals surface area contributed by atoms with Crippen molar-refractivity contribution in [2.45, 2.75) is 115 Å². The van der Waals surface area contributed by atoms with Gasteiger partial charge in [0, 0.05) is 12.5 Å². The van der Waals surface area contributed by atoms with E-state index in [2.05, 4.69) is 16.0 Å². The Morgan fingerprint density at radius 3 is 2.17 bits per heavy atom. The molecule has 9 nitrogen and oxygen atoms in total. The van der Waals surface area contributed by atoms with Crippen molar-refractivity contribution in [1.82, 2.24) is 20.9 Å². The van der Waals surface area contributed by atoms with Gasteiger partial charge >= 0.3 is 0 Å². The van der Waals surface area contributed by atoms with E-state index in [0.29, 0.717) is 54.7 Å². The maximum Gasteiger partial charge on any atom is 0.243 e. The molecule has 5 fully saturated rings. The number of carbonyl (C=O) groups excluding carboxylic acids is 4. The fourth-order valence-corrected chi connectivity index (χ4v) is 9.98. The van der Waals surface area contributed by atoms with Crippen molar-refractivity contribution in [1.29, 1.82) is 0 Å². The lowest BCUT2D eigenvalue weighted by Gasteiger charge is -2.58. The fraction of sp³-hybridized carbons (Fsp3) is 0.730. The third kappa shape index (κ3) is 9.31. The second kappa shape index (κ2) is 17.2. The molecule has 4 amide bonds. The number of thioether (sulfide) groups is 1. The topological polar surface area (TPSA) is 134 Å². The van der Waals surface area contributed by atoms with E-state index < -0.39 is 18.0 Å². The van der Waals surface area contributed by atoms with Crippen LogP contribution in [0, 0.1) is 29.6 Å². The van der Waals surface area contributed by atoms with Crippen LogP contribution in [0.4, 0.5) is 0 Å². The molecule has 260 valence electrons. The first-order valence-electron chi connectivity index (χ1n) is 18.2. The first kappa shape index (κ1) is 35.7. The first-order valence-corrected chi connectivity index (χ1v) is 19.6. The Hall–Kier alpha value is -2.59. The van der Waals surface area contributed by atoms with Crippen LogP contribution < -0.4 is 21.7 Å². The molecule has 0 spiro atoms. The molecule has 0 saturated heterocycles. The number of primary amides is 1. The Labute approximate surface area is 285 Å². The number of carbonyl (C=O) groups is 4. The van der Waals surface area contributed by atoms with Crippen LogP contribution >= 0.6 is 11.8 Å². The second-order valence-electron chi connectivity index (χ2n) is 14.7. The summed E-state index contributed by atoms with van der Waals surface area (Å²) in [6.07, 6.45) is 15.1. The van der Waals surface area contributed by atoms with Crippen LogP contribution in [0.2, 0.25) is 0 Å². The van der Waals surface area contributed by atoms with Crippen molar-refractivity contribution < 1.29 is 19.2 Å². The van der Waals surface area contributed by atoms with Gasteiger partial charge in [0.25, 0.3) is 0 Å². The number of hydrogen-bond donors (Lipinski definition) is 4. The van der Waals surface area contributed by atoms with Gasteiger partial charge in [0.2, 0.25) is 23.6 Å². The number of nitrogens with two attached hydrogens (primary N) is 1. The monoisotopic (exact) mass is 667 g/mol. The van der Waals surface area contributed by atoms with Crippen LogP contribution in [0.5, 0.6) is 0 Å². The van der Waals surface area contributed by atoms with Gasteiger partial charge in [-0.3, -0.25) is 19.2 Å². The largest absolute Gasteiger partial charge is 0.368 e. The summed E-state index contributed by atoms with van der Waals surface area (Å²) in [6.45, 7) is 2.44. The maximum absolute atomic E-state index is 14.3. The van der Waals surface area contributed by atoms with Crippen molar-refractivity contribution in [3.8, 4) is 0 Å². The Balaban J connectivity index is 1.29. The zero-order valence-corrected chi connectivity index (χ0v) is 29.3. The standard InChI is InChI=1S/C37H57N5O4S/c1-3-39-31(21-24-10-6-4-7-11-24)37(46)41-30(14-15-47-2)36(45)40-23-33(43)42(32(35(38)44)22-25-12-8-5-9-13-25)34-28-17-26-16-27(19-28)20-29(34)18-26/h5,8-9,12-13,24,26-32,34,39H,3-4,6-7,10-11,14-23H2,1-2H3,(H2,38,44)(H,40,45)(H,41,46)/t26?,27?,28?,29?,30-,31+,32+,34?/m1/s1. The molecular weight excluding hydrogens is 611 g/mol. The van der Waals surface area contributed by atoms with E-state index in [1.54, 1.807) is 16.7 Å². The number of hydrogen-bond acceptors (Lipinski definition) is 6. The highest BCUT2D eigenvalue weighted by Gasteiger charge is 2.52. The van der Waals surface area contributed by atoms with Crippen LogP contribution in [0.25, 0.3) is 0 Å².